The number of rotatable bonds is 10. The molecular weight excluding hydrogens is 384 g/mol. The largest absolute Gasteiger partial charge is 0.330 e. The lowest BCUT2D eigenvalue weighted by molar-refractivity contribution is 0.608. The van der Waals surface area contributed by atoms with Crippen LogP contribution in [0, 0.1) is 0 Å². The van der Waals surface area contributed by atoms with Gasteiger partial charge in [-0.15, -0.1) is 0 Å². The Hall–Kier alpha value is -2.78. The molecule has 0 aliphatic heterocycles. The summed E-state index contributed by atoms with van der Waals surface area (Å²) < 4.78 is 2.33. The number of nitrogens with zero attached hydrogens (tertiary/aromatic N) is 2. The van der Waals surface area contributed by atoms with Crippen molar-refractivity contribution >= 4 is 11.8 Å². The third kappa shape index (κ3) is 5.43. The second-order valence-electron chi connectivity index (χ2n) is 7.47. The van der Waals surface area contributed by atoms with Crippen molar-refractivity contribution in [3.63, 3.8) is 0 Å². The highest BCUT2D eigenvalue weighted by Crippen LogP contribution is 2.31. The average molecular weight is 413 g/mol. The molecule has 0 aliphatic rings. The van der Waals surface area contributed by atoms with Gasteiger partial charge in [-0.05, 0) is 24.2 Å². The summed E-state index contributed by atoms with van der Waals surface area (Å²) in [5.74, 6) is 2.33. The van der Waals surface area contributed by atoms with Gasteiger partial charge in [0.2, 0.25) is 0 Å². The first kappa shape index (κ1) is 20.5. The maximum absolute atomic E-state index is 4.78. The molecule has 0 fully saturated rings. The number of imidazole rings is 1. The smallest absolute Gasteiger partial charge is 0.0963 e. The lowest BCUT2D eigenvalue weighted by Crippen LogP contribution is -2.00. The van der Waals surface area contributed by atoms with Gasteiger partial charge >= 0.3 is 0 Å². The van der Waals surface area contributed by atoms with Crippen LogP contribution in [0.4, 0.5) is 0 Å². The lowest BCUT2D eigenvalue weighted by atomic mass is 10.0. The number of aromatic nitrogens is 2. The Balaban J connectivity index is 1.34. The van der Waals surface area contributed by atoms with Crippen LogP contribution in [0.5, 0.6) is 0 Å². The van der Waals surface area contributed by atoms with Crippen LogP contribution in [0.2, 0.25) is 0 Å². The summed E-state index contributed by atoms with van der Waals surface area (Å²) in [5, 5.41) is 0. The van der Waals surface area contributed by atoms with Gasteiger partial charge < -0.3 is 4.57 Å². The Kier molecular flexibility index (Phi) is 7.41. The fraction of sp³-hybridized carbons (Fsp3) is 0.222. The van der Waals surface area contributed by atoms with Crippen molar-refractivity contribution in [3.05, 3.63) is 103 Å². The zero-order valence-corrected chi connectivity index (χ0v) is 18.1. The topological polar surface area (TPSA) is 17.8 Å². The van der Waals surface area contributed by atoms with Gasteiger partial charge in [-0.1, -0.05) is 97.4 Å². The summed E-state index contributed by atoms with van der Waals surface area (Å²) >= 11 is 2.03. The third-order valence-electron chi connectivity index (χ3n) is 5.23. The maximum atomic E-state index is 4.78. The van der Waals surface area contributed by atoms with Gasteiger partial charge in [-0.2, -0.15) is 11.8 Å². The number of unbranched alkanes of at least 4 members (excludes halogenated alkanes) is 2. The van der Waals surface area contributed by atoms with E-state index in [1.807, 2.05) is 18.1 Å². The highest BCUT2D eigenvalue weighted by atomic mass is 32.2. The second kappa shape index (κ2) is 10.8. The molecule has 4 rings (SSSR count). The zero-order chi connectivity index (χ0) is 20.4. The summed E-state index contributed by atoms with van der Waals surface area (Å²) in [7, 11) is 0. The highest BCUT2D eigenvalue weighted by Gasteiger charge is 2.14. The Morgan fingerprint density at radius 3 is 2.00 bits per heavy atom. The van der Waals surface area contributed by atoms with E-state index in [1.54, 1.807) is 0 Å². The average Bonchev–Trinajstić information content (AvgIpc) is 3.24. The molecule has 1 aromatic heterocycles. The molecule has 0 atom stereocenters. The fourth-order valence-electron chi connectivity index (χ4n) is 3.69. The summed E-state index contributed by atoms with van der Waals surface area (Å²) in [6.07, 6.45) is 5.69. The molecule has 0 amide bonds. The van der Waals surface area contributed by atoms with Crippen molar-refractivity contribution in [3.8, 4) is 22.5 Å². The minimum Gasteiger partial charge on any atom is -0.330 e. The van der Waals surface area contributed by atoms with Crippen LogP contribution in [0.3, 0.4) is 0 Å². The second-order valence-corrected chi connectivity index (χ2v) is 8.57. The summed E-state index contributed by atoms with van der Waals surface area (Å²) in [6.45, 7) is 1.01. The van der Waals surface area contributed by atoms with E-state index >= 15 is 0 Å². The molecule has 30 heavy (non-hydrogen) atoms. The maximum Gasteiger partial charge on any atom is 0.0963 e. The van der Waals surface area contributed by atoms with Crippen LogP contribution in [0.1, 0.15) is 24.8 Å². The predicted molar refractivity (Wildman–Crippen MR) is 130 cm³/mol. The summed E-state index contributed by atoms with van der Waals surface area (Å²) in [5.41, 5.74) is 6.11. The summed E-state index contributed by atoms with van der Waals surface area (Å²) in [4.78, 5) is 4.78. The Morgan fingerprint density at radius 2 is 1.30 bits per heavy atom. The van der Waals surface area contributed by atoms with Crippen molar-refractivity contribution in [2.24, 2.45) is 0 Å². The Bertz CT molecular complexity index is 1010. The number of hydrogen-bond donors (Lipinski definition) is 0. The molecule has 3 heteroatoms. The highest BCUT2D eigenvalue weighted by molar-refractivity contribution is 7.98. The predicted octanol–water partition coefficient (Wildman–Crippen LogP) is 7.32. The van der Waals surface area contributed by atoms with Crippen molar-refractivity contribution in [1.82, 2.24) is 9.55 Å². The molecule has 0 saturated heterocycles. The number of thioether (sulfide) groups is 1. The van der Waals surface area contributed by atoms with Crippen LogP contribution < -0.4 is 0 Å². The zero-order valence-electron chi connectivity index (χ0n) is 17.3. The first-order chi connectivity index (χ1) is 14.9. The lowest BCUT2D eigenvalue weighted by Gasteiger charge is -2.11. The van der Waals surface area contributed by atoms with E-state index in [9.17, 15) is 0 Å². The van der Waals surface area contributed by atoms with Crippen LogP contribution in [-0.4, -0.2) is 15.3 Å². The van der Waals surface area contributed by atoms with Gasteiger partial charge in [0.25, 0.3) is 0 Å². The van der Waals surface area contributed by atoms with E-state index in [1.165, 1.54) is 47.4 Å². The molecule has 1 heterocycles. The molecule has 3 aromatic carbocycles. The number of benzene rings is 3. The molecular formula is C27H28N2S. The molecule has 0 aliphatic carbocycles. The van der Waals surface area contributed by atoms with Crippen LogP contribution >= 0.6 is 11.8 Å². The minimum atomic E-state index is 1.01. The van der Waals surface area contributed by atoms with Crippen molar-refractivity contribution < 1.29 is 0 Å². The third-order valence-corrected chi connectivity index (χ3v) is 6.35. The van der Waals surface area contributed by atoms with Crippen molar-refractivity contribution in [2.45, 2.75) is 31.6 Å². The van der Waals surface area contributed by atoms with Gasteiger partial charge in [-0.3, -0.25) is 0 Å². The molecule has 2 nitrogen and oxygen atoms in total. The SMILES string of the molecule is c1ccc(CSCCCCCn2cnc(-c3ccccc3)c2-c2ccccc2)cc1. The molecule has 152 valence electrons. The Labute approximate surface area is 184 Å². The molecule has 4 aromatic rings. The van der Waals surface area contributed by atoms with Gasteiger partial charge in [0.15, 0.2) is 0 Å². The summed E-state index contributed by atoms with van der Waals surface area (Å²) in [6, 6.07) is 31.9. The van der Waals surface area contributed by atoms with E-state index in [2.05, 4.69) is 95.6 Å². The number of aryl methyl sites for hydroxylation is 1. The molecule has 0 spiro atoms. The Morgan fingerprint density at radius 1 is 0.667 bits per heavy atom. The van der Waals surface area contributed by atoms with E-state index in [-0.39, 0.29) is 0 Å². The van der Waals surface area contributed by atoms with Gasteiger partial charge in [-0.25, -0.2) is 4.98 Å². The van der Waals surface area contributed by atoms with E-state index in [0.29, 0.717) is 0 Å². The van der Waals surface area contributed by atoms with Crippen LogP contribution in [0.15, 0.2) is 97.3 Å². The molecule has 0 N–H and O–H groups in total. The fourth-order valence-corrected chi connectivity index (χ4v) is 4.67. The van der Waals surface area contributed by atoms with E-state index in [4.69, 9.17) is 4.98 Å². The molecule has 0 unspecified atom stereocenters. The van der Waals surface area contributed by atoms with Crippen molar-refractivity contribution in [2.75, 3.05) is 5.75 Å². The van der Waals surface area contributed by atoms with Gasteiger partial charge in [0.05, 0.1) is 17.7 Å². The molecule has 0 saturated carbocycles. The minimum absolute atomic E-state index is 1.01. The normalized spacial score (nSPS) is 10.9. The first-order valence-electron chi connectivity index (χ1n) is 10.7. The van der Waals surface area contributed by atoms with Gasteiger partial charge in [0.1, 0.15) is 0 Å². The van der Waals surface area contributed by atoms with Gasteiger partial charge in [0, 0.05) is 23.4 Å². The van der Waals surface area contributed by atoms with E-state index < -0.39 is 0 Å². The monoisotopic (exact) mass is 412 g/mol. The number of hydrogen-bond acceptors (Lipinski definition) is 2. The quantitative estimate of drug-likeness (QED) is 0.254. The first-order valence-corrected chi connectivity index (χ1v) is 11.8. The van der Waals surface area contributed by atoms with Crippen LogP contribution in [0.25, 0.3) is 22.5 Å². The van der Waals surface area contributed by atoms with Crippen LogP contribution in [-0.2, 0) is 12.3 Å². The molecule has 0 bridgehead atoms. The molecule has 0 radical (unpaired) electrons. The van der Waals surface area contributed by atoms with Crippen molar-refractivity contribution in [1.29, 1.82) is 0 Å². The van der Waals surface area contributed by atoms with E-state index in [0.717, 1.165) is 18.0 Å². The standard InChI is InChI=1S/C27H28N2S/c1-5-13-23(14-6-1)21-30-20-12-4-11-19-29-22-28-26(24-15-7-2-8-16-24)27(29)25-17-9-3-10-18-25/h1-3,5-10,13-18,22H,4,11-12,19-21H2.